The maximum atomic E-state index is 13.2. The zero-order chi connectivity index (χ0) is 35.5. The van der Waals surface area contributed by atoms with E-state index in [1.165, 1.54) is 22.3 Å². The minimum atomic E-state index is -0.641. The van der Waals surface area contributed by atoms with Gasteiger partial charge >= 0.3 is 0 Å². The third-order valence-electron chi connectivity index (χ3n) is 9.09. The van der Waals surface area contributed by atoms with Crippen LogP contribution in [0.2, 0.25) is 0 Å². The van der Waals surface area contributed by atoms with E-state index >= 15 is 0 Å². The van der Waals surface area contributed by atoms with Gasteiger partial charge in [-0.25, -0.2) is 0 Å². The second kappa shape index (κ2) is 14.6. The normalized spacial score (nSPS) is 12.4. The van der Waals surface area contributed by atoms with Gasteiger partial charge in [0.15, 0.2) is 0 Å². The number of hydrogen-bond donors (Lipinski definition) is 2. The molecule has 0 spiro atoms. The molecule has 51 heavy (non-hydrogen) atoms. The first-order chi connectivity index (χ1) is 24.8. The molecule has 6 aromatic rings. The molecule has 1 aliphatic carbocycles. The fourth-order valence-electron chi connectivity index (χ4n) is 6.87. The van der Waals surface area contributed by atoms with Gasteiger partial charge < -0.3 is 20.1 Å². The lowest BCUT2D eigenvalue weighted by atomic mass is 9.67. The van der Waals surface area contributed by atoms with E-state index in [0.29, 0.717) is 47.2 Å². The maximum absolute atomic E-state index is 13.2. The molecular formula is C43H34Br2N2O4. The van der Waals surface area contributed by atoms with Gasteiger partial charge in [0.1, 0.15) is 11.5 Å². The van der Waals surface area contributed by atoms with Crippen LogP contribution < -0.4 is 20.1 Å². The first-order valence-electron chi connectivity index (χ1n) is 16.7. The highest BCUT2D eigenvalue weighted by Gasteiger charge is 2.45. The Morgan fingerprint density at radius 1 is 0.549 bits per heavy atom. The van der Waals surface area contributed by atoms with Crippen molar-refractivity contribution >= 4 is 55.0 Å². The van der Waals surface area contributed by atoms with E-state index in [1.54, 1.807) is 36.4 Å². The molecule has 0 aliphatic heterocycles. The van der Waals surface area contributed by atoms with Gasteiger partial charge in [-0.15, -0.1) is 0 Å². The molecule has 8 heteroatoms. The fraction of sp³-hybridized carbons (Fsp3) is 0.116. The van der Waals surface area contributed by atoms with Crippen LogP contribution >= 0.6 is 31.9 Å². The molecule has 0 unspecified atom stereocenters. The number of anilines is 2. The molecule has 2 N–H and O–H groups in total. The number of carbonyl (C=O) groups excluding carboxylic acids is 2. The first-order valence-corrected chi connectivity index (χ1v) is 18.3. The highest BCUT2D eigenvalue weighted by Crippen LogP contribution is 2.56. The topological polar surface area (TPSA) is 76.7 Å². The van der Waals surface area contributed by atoms with E-state index < -0.39 is 5.41 Å². The summed E-state index contributed by atoms with van der Waals surface area (Å²) in [6.45, 7) is 4.92. The summed E-state index contributed by atoms with van der Waals surface area (Å²) < 4.78 is 12.7. The Kier molecular flexibility index (Phi) is 9.80. The average molecular weight is 803 g/mol. The van der Waals surface area contributed by atoms with Gasteiger partial charge in [0.05, 0.1) is 27.6 Å². The summed E-state index contributed by atoms with van der Waals surface area (Å²) in [5.74, 6) is 0.954. The standard InChI is InChI=1S/C43H34Br2N2O4/c1-3-50-39-23-13-27(25-37(39)44)41(48)46-31-19-15-29(16-20-31)43(35-11-7-5-9-33(35)34-10-6-8-12-36(34)43)30-17-21-32(22-18-30)47-42(49)28-14-24-40(51-4-2)38(45)26-28/h5-26H,3-4H2,1-2H3,(H,46,48)(H,47,49). The Morgan fingerprint density at radius 3 is 1.31 bits per heavy atom. The molecule has 6 aromatic carbocycles. The monoisotopic (exact) mass is 800 g/mol. The average Bonchev–Trinajstić information content (AvgIpc) is 3.45. The van der Waals surface area contributed by atoms with Gasteiger partial charge in [0.25, 0.3) is 11.8 Å². The number of benzene rings is 6. The SMILES string of the molecule is CCOc1ccc(C(=O)Nc2ccc(C3(c4ccc(NC(=O)c5ccc(OCC)c(Br)c5)cc4)c4ccccc4-c4ccccc43)cc2)cc1Br. The number of nitrogens with one attached hydrogen (secondary N) is 2. The summed E-state index contributed by atoms with van der Waals surface area (Å²) >= 11 is 7.02. The van der Waals surface area contributed by atoms with E-state index in [2.05, 4.69) is 115 Å². The number of halogens is 2. The Bertz CT molecular complexity index is 2090. The van der Waals surface area contributed by atoms with Crippen molar-refractivity contribution in [2.24, 2.45) is 0 Å². The summed E-state index contributed by atoms with van der Waals surface area (Å²) in [4.78, 5) is 26.5. The fourth-order valence-corrected chi connectivity index (χ4v) is 7.85. The number of carbonyl (C=O) groups is 2. The molecule has 0 atom stereocenters. The predicted octanol–water partition coefficient (Wildman–Crippen LogP) is 10.9. The van der Waals surface area contributed by atoms with Gasteiger partial charge in [-0.2, -0.15) is 0 Å². The Hall–Kier alpha value is -5.18. The summed E-state index contributed by atoms with van der Waals surface area (Å²) in [7, 11) is 0. The second-order valence-corrected chi connectivity index (χ2v) is 13.8. The maximum Gasteiger partial charge on any atom is 0.255 e. The van der Waals surface area contributed by atoms with E-state index in [4.69, 9.17) is 9.47 Å². The summed E-state index contributed by atoms with van der Waals surface area (Å²) in [5.41, 5.74) is 8.55. The Labute approximate surface area is 314 Å². The number of ether oxygens (including phenoxy) is 2. The second-order valence-electron chi connectivity index (χ2n) is 12.1. The summed E-state index contributed by atoms with van der Waals surface area (Å²) in [6.07, 6.45) is 0. The lowest BCUT2D eigenvalue weighted by molar-refractivity contribution is 0.101. The molecule has 254 valence electrons. The van der Waals surface area contributed by atoms with Crippen LogP contribution in [0.25, 0.3) is 11.1 Å². The van der Waals surface area contributed by atoms with Crippen molar-refractivity contribution in [2.45, 2.75) is 19.3 Å². The van der Waals surface area contributed by atoms with Crippen LogP contribution in [0.1, 0.15) is 56.8 Å². The molecule has 1 aliphatic rings. The molecule has 6 nitrogen and oxygen atoms in total. The molecule has 0 fully saturated rings. The number of fused-ring (bicyclic) bond motifs is 3. The van der Waals surface area contributed by atoms with E-state index in [0.717, 1.165) is 20.1 Å². The van der Waals surface area contributed by atoms with Gasteiger partial charge in [0.2, 0.25) is 0 Å². The van der Waals surface area contributed by atoms with Crippen LogP contribution in [-0.4, -0.2) is 25.0 Å². The quantitative estimate of drug-likeness (QED) is 0.144. The number of amides is 2. The molecule has 0 heterocycles. The lowest BCUT2D eigenvalue weighted by Gasteiger charge is -2.34. The highest BCUT2D eigenvalue weighted by atomic mass is 79.9. The lowest BCUT2D eigenvalue weighted by Crippen LogP contribution is -2.28. The highest BCUT2D eigenvalue weighted by molar-refractivity contribution is 9.11. The largest absolute Gasteiger partial charge is 0.493 e. The number of hydrogen-bond acceptors (Lipinski definition) is 4. The van der Waals surface area contributed by atoms with Crippen LogP contribution in [0, 0.1) is 0 Å². The van der Waals surface area contributed by atoms with E-state index in [9.17, 15) is 9.59 Å². The zero-order valence-corrected chi connectivity index (χ0v) is 31.2. The smallest absolute Gasteiger partial charge is 0.255 e. The molecule has 0 radical (unpaired) electrons. The minimum Gasteiger partial charge on any atom is -0.493 e. The van der Waals surface area contributed by atoms with Crippen molar-refractivity contribution in [2.75, 3.05) is 23.8 Å². The number of rotatable bonds is 10. The molecule has 0 aromatic heterocycles. The van der Waals surface area contributed by atoms with Crippen LogP contribution in [0.5, 0.6) is 11.5 Å². The predicted molar refractivity (Wildman–Crippen MR) is 210 cm³/mol. The van der Waals surface area contributed by atoms with Crippen molar-refractivity contribution in [3.63, 3.8) is 0 Å². The Balaban J connectivity index is 1.23. The van der Waals surface area contributed by atoms with E-state index in [-0.39, 0.29) is 11.8 Å². The summed E-state index contributed by atoms with van der Waals surface area (Å²) in [6, 6.07) is 43.8. The van der Waals surface area contributed by atoms with Crippen molar-refractivity contribution < 1.29 is 19.1 Å². The van der Waals surface area contributed by atoms with Crippen LogP contribution in [0.4, 0.5) is 11.4 Å². The van der Waals surface area contributed by atoms with Crippen LogP contribution in [-0.2, 0) is 5.41 Å². The molecule has 2 amide bonds. The van der Waals surface area contributed by atoms with Gasteiger partial charge in [0, 0.05) is 22.5 Å². The molecule has 0 saturated carbocycles. The minimum absolute atomic E-state index is 0.215. The molecule has 0 bridgehead atoms. The van der Waals surface area contributed by atoms with Crippen molar-refractivity contribution in [3.05, 3.63) is 176 Å². The Morgan fingerprint density at radius 2 is 0.941 bits per heavy atom. The van der Waals surface area contributed by atoms with Gasteiger partial charge in [-0.1, -0.05) is 72.8 Å². The molecule has 7 rings (SSSR count). The van der Waals surface area contributed by atoms with Crippen LogP contribution in [0.3, 0.4) is 0 Å². The third-order valence-corrected chi connectivity index (χ3v) is 10.3. The van der Waals surface area contributed by atoms with Crippen molar-refractivity contribution in [1.82, 2.24) is 0 Å². The third kappa shape index (κ3) is 6.46. The van der Waals surface area contributed by atoms with E-state index in [1.807, 2.05) is 38.1 Å². The van der Waals surface area contributed by atoms with Crippen molar-refractivity contribution in [1.29, 1.82) is 0 Å². The van der Waals surface area contributed by atoms with Gasteiger partial charge in [-0.3, -0.25) is 9.59 Å². The zero-order valence-electron chi connectivity index (χ0n) is 28.0. The van der Waals surface area contributed by atoms with Gasteiger partial charge in [-0.05, 0) is 140 Å². The van der Waals surface area contributed by atoms with Crippen molar-refractivity contribution in [3.8, 4) is 22.6 Å². The first kappa shape index (κ1) is 34.3. The molecule has 0 saturated heterocycles. The van der Waals surface area contributed by atoms with Crippen LogP contribution in [0.15, 0.2) is 142 Å². The molecular weight excluding hydrogens is 768 g/mol. The summed E-state index contributed by atoms with van der Waals surface area (Å²) in [5, 5.41) is 6.09.